The largest absolute Gasteiger partial charge is 0.390 e. The Kier molecular flexibility index (Phi) is 3.65. The average molecular weight is 271 g/mol. The molecule has 2 unspecified atom stereocenters. The first-order valence-corrected chi connectivity index (χ1v) is 5.90. The van der Waals surface area contributed by atoms with Gasteiger partial charge in [0, 0.05) is 5.88 Å². The van der Waals surface area contributed by atoms with E-state index < -0.39 is 24.1 Å². The van der Waals surface area contributed by atoms with Crippen LogP contribution in [-0.4, -0.2) is 34.1 Å². The molecule has 1 aliphatic heterocycles. The van der Waals surface area contributed by atoms with Crippen molar-refractivity contribution in [2.24, 2.45) is 0 Å². The van der Waals surface area contributed by atoms with E-state index in [9.17, 15) is 19.8 Å². The van der Waals surface area contributed by atoms with Crippen molar-refractivity contribution in [3.63, 3.8) is 0 Å². The van der Waals surface area contributed by atoms with Crippen LogP contribution >= 0.6 is 11.6 Å². The molecule has 1 aromatic carbocycles. The van der Waals surface area contributed by atoms with Gasteiger partial charge in [0.1, 0.15) is 6.10 Å². The molecular weight excluding hydrogens is 260 g/mol. The molecule has 0 fully saturated rings. The molecule has 1 aromatic rings. The van der Waals surface area contributed by atoms with Crippen molar-refractivity contribution in [2.75, 3.05) is 5.88 Å². The molecule has 0 aromatic heterocycles. The van der Waals surface area contributed by atoms with E-state index in [-0.39, 0.29) is 23.4 Å². The maximum Gasteiger partial charge on any atom is 0.346 e. The molecule has 0 saturated carbocycles. The fourth-order valence-corrected chi connectivity index (χ4v) is 2.00. The summed E-state index contributed by atoms with van der Waals surface area (Å²) < 4.78 is 4.43. The fraction of sp³-hybridized carbons (Fsp3) is 0.333. The SMILES string of the molecule is O=C1OC(=O)c2cc(C(O)C(O)CCCl)ccc21. The molecule has 0 aliphatic carbocycles. The molecule has 2 atom stereocenters. The maximum atomic E-state index is 11.3. The van der Waals surface area contributed by atoms with E-state index in [2.05, 4.69) is 4.74 Å². The Labute approximate surface area is 108 Å². The van der Waals surface area contributed by atoms with Crippen LogP contribution in [0, 0.1) is 0 Å². The smallest absolute Gasteiger partial charge is 0.346 e. The maximum absolute atomic E-state index is 11.3. The quantitative estimate of drug-likeness (QED) is 0.485. The molecule has 6 heteroatoms. The Hall–Kier alpha value is -1.43. The van der Waals surface area contributed by atoms with Crippen molar-refractivity contribution in [1.29, 1.82) is 0 Å². The lowest BCUT2D eigenvalue weighted by Gasteiger charge is -2.17. The summed E-state index contributed by atoms with van der Waals surface area (Å²) in [5.41, 5.74) is 0.621. The zero-order valence-electron chi connectivity index (χ0n) is 9.30. The minimum Gasteiger partial charge on any atom is -0.390 e. The Bertz CT molecular complexity index is 499. The fourth-order valence-electron chi connectivity index (χ4n) is 1.78. The number of carbonyl (C=O) groups is 2. The van der Waals surface area contributed by atoms with Crippen molar-refractivity contribution >= 4 is 23.5 Å². The number of hydrogen-bond acceptors (Lipinski definition) is 5. The van der Waals surface area contributed by atoms with Crippen LogP contribution < -0.4 is 0 Å². The highest BCUT2D eigenvalue weighted by molar-refractivity contribution is 6.17. The predicted octanol–water partition coefficient (Wildman–Crippen LogP) is 1.02. The van der Waals surface area contributed by atoms with Crippen LogP contribution in [0.3, 0.4) is 0 Å². The van der Waals surface area contributed by atoms with E-state index in [1.165, 1.54) is 18.2 Å². The monoisotopic (exact) mass is 270 g/mol. The number of benzene rings is 1. The van der Waals surface area contributed by atoms with Crippen LogP contribution in [0.2, 0.25) is 0 Å². The molecule has 0 bridgehead atoms. The number of aliphatic hydroxyl groups is 2. The molecule has 96 valence electrons. The average Bonchev–Trinajstić information content (AvgIpc) is 2.64. The minimum atomic E-state index is -1.16. The van der Waals surface area contributed by atoms with Crippen LogP contribution in [0.4, 0.5) is 0 Å². The predicted molar refractivity (Wildman–Crippen MR) is 62.5 cm³/mol. The number of halogens is 1. The Balaban J connectivity index is 2.29. The number of alkyl halides is 1. The Morgan fingerprint density at radius 3 is 2.50 bits per heavy atom. The van der Waals surface area contributed by atoms with Gasteiger partial charge < -0.3 is 14.9 Å². The van der Waals surface area contributed by atoms with Crippen LogP contribution in [-0.2, 0) is 4.74 Å². The molecule has 0 saturated heterocycles. The summed E-state index contributed by atoms with van der Waals surface area (Å²) in [5.74, 6) is -1.22. The number of fused-ring (bicyclic) bond motifs is 1. The van der Waals surface area contributed by atoms with Gasteiger partial charge >= 0.3 is 11.9 Å². The highest BCUT2D eigenvalue weighted by atomic mass is 35.5. The highest BCUT2D eigenvalue weighted by Crippen LogP contribution is 2.26. The first-order valence-electron chi connectivity index (χ1n) is 5.37. The minimum absolute atomic E-state index is 0.106. The van der Waals surface area contributed by atoms with Crippen LogP contribution in [0.25, 0.3) is 0 Å². The second-order valence-corrected chi connectivity index (χ2v) is 4.35. The third-order valence-corrected chi connectivity index (χ3v) is 3.00. The molecule has 0 spiro atoms. The van der Waals surface area contributed by atoms with Crippen LogP contribution in [0.15, 0.2) is 18.2 Å². The zero-order chi connectivity index (χ0) is 13.3. The van der Waals surface area contributed by atoms with Crippen molar-refractivity contribution in [3.05, 3.63) is 34.9 Å². The molecule has 1 aliphatic rings. The first-order chi connectivity index (χ1) is 8.54. The third-order valence-electron chi connectivity index (χ3n) is 2.78. The lowest BCUT2D eigenvalue weighted by molar-refractivity contribution is 0.0169. The van der Waals surface area contributed by atoms with Gasteiger partial charge in [-0.05, 0) is 24.1 Å². The molecule has 0 amide bonds. The molecular formula is C12H11ClO5. The molecule has 5 nitrogen and oxygen atoms in total. The molecule has 0 radical (unpaired) electrons. The number of rotatable bonds is 4. The third kappa shape index (κ3) is 2.25. The molecule has 1 heterocycles. The number of carbonyl (C=O) groups excluding carboxylic acids is 2. The van der Waals surface area contributed by atoms with Crippen molar-refractivity contribution < 1.29 is 24.5 Å². The van der Waals surface area contributed by atoms with E-state index in [0.29, 0.717) is 5.56 Å². The number of hydrogen-bond donors (Lipinski definition) is 2. The molecule has 18 heavy (non-hydrogen) atoms. The van der Waals surface area contributed by atoms with Gasteiger partial charge in [0.05, 0.1) is 17.2 Å². The van der Waals surface area contributed by atoms with Crippen molar-refractivity contribution in [2.45, 2.75) is 18.6 Å². The summed E-state index contributed by atoms with van der Waals surface area (Å²) in [7, 11) is 0. The van der Waals surface area contributed by atoms with Gasteiger partial charge in [-0.1, -0.05) is 6.07 Å². The normalized spacial score (nSPS) is 17.3. The van der Waals surface area contributed by atoms with Gasteiger partial charge in [0.15, 0.2) is 0 Å². The van der Waals surface area contributed by atoms with Gasteiger partial charge in [-0.15, -0.1) is 11.6 Å². The van der Waals surface area contributed by atoms with E-state index in [1.54, 1.807) is 0 Å². The lowest BCUT2D eigenvalue weighted by Crippen LogP contribution is -2.19. The highest BCUT2D eigenvalue weighted by Gasteiger charge is 2.31. The Morgan fingerprint density at radius 2 is 1.83 bits per heavy atom. The van der Waals surface area contributed by atoms with Gasteiger partial charge in [-0.25, -0.2) is 9.59 Å². The van der Waals surface area contributed by atoms with Gasteiger partial charge in [-0.2, -0.15) is 0 Å². The summed E-state index contributed by atoms with van der Waals surface area (Å²) in [5, 5.41) is 19.5. The standard InChI is InChI=1S/C12H11ClO5/c13-4-3-9(14)10(15)6-1-2-7-8(5-6)12(17)18-11(7)16/h1-2,5,9-10,14-15H,3-4H2. The van der Waals surface area contributed by atoms with E-state index in [4.69, 9.17) is 11.6 Å². The van der Waals surface area contributed by atoms with Gasteiger partial charge in [-0.3, -0.25) is 0 Å². The van der Waals surface area contributed by atoms with E-state index in [0.717, 1.165) is 0 Å². The molecule has 2 N–H and O–H groups in total. The van der Waals surface area contributed by atoms with Crippen molar-refractivity contribution in [1.82, 2.24) is 0 Å². The second kappa shape index (κ2) is 5.06. The zero-order valence-corrected chi connectivity index (χ0v) is 10.1. The Morgan fingerprint density at radius 1 is 1.17 bits per heavy atom. The number of esters is 2. The van der Waals surface area contributed by atoms with Crippen LogP contribution in [0.5, 0.6) is 0 Å². The number of ether oxygens (including phenoxy) is 1. The first kappa shape index (κ1) is 13.0. The number of aliphatic hydroxyl groups excluding tert-OH is 2. The van der Waals surface area contributed by atoms with Gasteiger partial charge in [0.2, 0.25) is 0 Å². The lowest BCUT2D eigenvalue weighted by atomic mass is 9.98. The summed E-state index contributed by atoms with van der Waals surface area (Å²) in [6.07, 6.45) is -1.95. The summed E-state index contributed by atoms with van der Waals surface area (Å²) in [6, 6.07) is 4.22. The van der Waals surface area contributed by atoms with Gasteiger partial charge in [0.25, 0.3) is 0 Å². The van der Waals surface area contributed by atoms with E-state index in [1.807, 2.05) is 0 Å². The summed E-state index contributed by atoms with van der Waals surface area (Å²) in [6.45, 7) is 0. The van der Waals surface area contributed by atoms with Crippen LogP contribution in [0.1, 0.15) is 38.8 Å². The summed E-state index contributed by atoms with van der Waals surface area (Å²) >= 11 is 5.47. The second-order valence-electron chi connectivity index (χ2n) is 3.97. The number of cyclic esters (lactones) is 2. The van der Waals surface area contributed by atoms with E-state index >= 15 is 0 Å². The topological polar surface area (TPSA) is 83.8 Å². The van der Waals surface area contributed by atoms with Crippen molar-refractivity contribution in [3.8, 4) is 0 Å². The summed E-state index contributed by atoms with van der Waals surface area (Å²) in [4.78, 5) is 22.6. The molecule has 2 rings (SSSR count).